The molecule has 146 valence electrons. The van der Waals surface area contributed by atoms with Gasteiger partial charge in [-0.1, -0.05) is 25.1 Å². The van der Waals surface area contributed by atoms with Gasteiger partial charge in [-0.2, -0.15) is 0 Å². The smallest absolute Gasteiger partial charge is 0.265 e. The van der Waals surface area contributed by atoms with Crippen LogP contribution in [0.5, 0.6) is 5.75 Å². The Morgan fingerprint density at radius 2 is 1.67 bits per heavy atom. The fourth-order valence-corrected chi connectivity index (χ4v) is 3.63. The van der Waals surface area contributed by atoms with E-state index in [0.717, 1.165) is 11.1 Å². The SMILES string of the molecule is CCCNS(=O)(=O)c1ccc(NC(=O)C(C)Oc2c(C)cccc2C)cc1. The summed E-state index contributed by atoms with van der Waals surface area (Å²) < 4.78 is 32.5. The van der Waals surface area contributed by atoms with Crippen molar-refractivity contribution in [3.05, 3.63) is 53.6 Å². The molecule has 2 aromatic rings. The zero-order valence-corrected chi connectivity index (χ0v) is 16.9. The normalized spacial score (nSPS) is 12.4. The molecule has 2 rings (SSSR count). The van der Waals surface area contributed by atoms with Crippen LogP contribution >= 0.6 is 0 Å². The highest BCUT2D eigenvalue weighted by molar-refractivity contribution is 7.89. The standard InChI is InChI=1S/C20H26N2O4S/c1-5-13-21-27(24,25)18-11-9-17(10-12-18)22-20(23)16(4)26-19-14(2)7-6-8-15(19)3/h6-12,16,21H,5,13H2,1-4H3,(H,22,23). The maximum atomic E-state index is 12.4. The fourth-order valence-electron chi connectivity index (χ4n) is 2.50. The first kappa shape index (κ1) is 20.9. The molecule has 0 aliphatic carbocycles. The summed E-state index contributed by atoms with van der Waals surface area (Å²) in [6.45, 7) is 7.81. The van der Waals surface area contributed by atoms with Crippen LogP contribution in [0.25, 0.3) is 0 Å². The molecule has 1 amide bonds. The van der Waals surface area contributed by atoms with E-state index < -0.39 is 16.1 Å². The van der Waals surface area contributed by atoms with Crippen LogP contribution in [0.3, 0.4) is 0 Å². The van der Waals surface area contributed by atoms with Crippen LogP contribution in [-0.4, -0.2) is 27.0 Å². The number of rotatable bonds is 8. The van der Waals surface area contributed by atoms with Crippen LogP contribution in [0.15, 0.2) is 47.4 Å². The lowest BCUT2D eigenvalue weighted by atomic mass is 10.1. The number of benzene rings is 2. The topological polar surface area (TPSA) is 84.5 Å². The van der Waals surface area contributed by atoms with Crippen LogP contribution in [-0.2, 0) is 14.8 Å². The zero-order chi connectivity index (χ0) is 20.0. The van der Waals surface area contributed by atoms with E-state index in [-0.39, 0.29) is 10.8 Å². The maximum absolute atomic E-state index is 12.4. The molecule has 0 aliphatic rings. The van der Waals surface area contributed by atoms with Crippen LogP contribution < -0.4 is 14.8 Å². The lowest BCUT2D eigenvalue weighted by Crippen LogP contribution is -2.30. The summed E-state index contributed by atoms with van der Waals surface area (Å²) in [5.41, 5.74) is 2.43. The van der Waals surface area contributed by atoms with Gasteiger partial charge in [-0.05, 0) is 62.6 Å². The summed E-state index contributed by atoms with van der Waals surface area (Å²) in [6.07, 6.45) is 0.0189. The Hall–Kier alpha value is -2.38. The van der Waals surface area contributed by atoms with Crippen molar-refractivity contribution in [3.8, 4) is 5.75 Å². The van der Waals surface area contributed by atoms with E-state index >= 15 is 0 Å². The number of carbonyl (C=O) groups is 1. The molecule has 0 aliphatic heterocycles. The number of hydrogen-bond acceptors (Lipinski definition) is 4. The Balaban J connectivity index is 2.03. The number of aryl methyl sites for hydroxylation is 2. The van der Waals surface area contributed by atoms with Crippen molar-refractivity contribution in [2.24, 2.45) is 0 Å². The van der Waals surface area contributed by atoms with Gasteiger partial charge in [0.05, 0.1) is 4.90 Å². The summed E-state index contributed by atoms with van der Waals surface area (Å²) in [7, 11) is -3.52. The molecule has 6 nitrogen and oxygen atoms in total. The Labute approximate surface area is 161 Å². The Morgan fingerprint density at radius 1 is 1.07 bits per heavy atom. The van der Waals surface area contributed by atoms with Crippen LogP contribution in [0.1, 0.15) is 31.4 Å². The van der Waals surface area contributed by atoms with Gasteiger partial charge in [0.15, 0.2) is 6.10 Å². The van der Waals surface area contributed by atoms with Crippen LogP contribution in [0, 0.1) is 13.8 Å². The molecule has 0 saturated carbocycles. The number of sulfonamides is 1. The lowest BCUT2D eigenvalue weighted by molar-refractivity contribution is -0.122. The molecule has 7 heteroatoms. The summed E-state index contributed by atoms with van der Waals surface area (Å²) in [5.74, 6) is 0.390. The van der Waals surface area contributed by atoms with Crippen molar-refractivity contribution in [1.82, 2.24) is 4.72 Å². The van der Waals surface area contributed by atoms with Crippen molar-refractivity contribution in [1.29, 1.82) is 0 Å². The minimum absolute atomic E-state index is 0.161. The number of anilines is 1. The maximum Gasteiger partial charge on any atom is 0.265 e. The van der Waals surface area contributed by atoms with Crippen molar-refractivity contribution < 1.29 is 17.9 Å². The van der Waals surface area contributed by atoms with E-state index in [4.69, 9.17) is 4.74 Å². The highest BCUT2D eigenvalue weighted by Gasteiger charge is 2.18. The third-order valence-corrected chi connectivity index (χ3v) is 5.52. The molecular weight excluding hydrogens is 364 g/mol. The summed E-state index contributed by atoms with van der Waals surface area (Å²) >= 11 is 0. The predicted molar refractivity (Wildman–Crippen MR) is 107 cm³/mol. The van der Waals surface area contributed by atoms with E-state index in [2.05, 4.69) is 10.0 Å². The molecular formula is C20H26N2O4S. The minimum atomic E-state index is -3.52. The van der Waals surface area contributed by atoms with E-state index in [1.54, 1.807) is 19.1 Å². The summed E-state index contributed by atoms with van der Waals surface area (Å²) in [5, 5.41) is 2.74. The van der Waals surface area contributed by atoms with Gasteiger partial charge in [0.1, 0.15) is 5.75 Å². The molecule has 0 spiro atoms. The fraction of sp³-hybridized carbons (Fsp3) is 0.350. The molecule has 27 heavy (non-hydrogen) atoms. The first-order chi connectivity index (χ1) is 12.7. The van der Waals surface area contributed by atoms with Crippen LogP contribution in [0.2, 0.25) is 0 Å². The molecule has 0 aromatic heterocycles. The Bertz CT molecular complexity index is 872. The van der Waals surface area contributed by atoms with Gasteiger partial charge in [-0.3, -0.25) is 4.79 Å². The first-order valence-electron chi connectivity index (χ1n) is 8.88. The molecule has 0 bridgehead atoms. The Morgan fingerprint density at radius 3 is 2.22 bits per heavy atom. The van der Waals surface area contributed by atoms with Crippen molar-refractivity contribution in [2.75, 3.05) is 11.9 Å². The van der Waals surface area contributed by atoms with Gasteiger partial charge in [0.2, 0.25) is 10.0 Å². The van der Waals surface area contributed by atoms with Gasteiger partial charge >= 0.3 is 0 Å². The molecule has 1 unspecified atom stereocenters. The number of ether oxygens (including phenoxy) is 1. The second-order valence-electron chi connectivity index (χ2n) is 6.39. The third-order valence-electron chi connectivity index (χ3n) is 4.05. The van der Waals surface area contributed by atoms with E-state index in [1.165, 1.54) is 12.1 Å². The average Bonchev–Trinajstić information content (AvgIpc) is 2.63. The van der Waals surface area contributed by atoms with Gasteiger partial charge in [-0.25, -0.2) is 13.1 Å². The summed E-state index contributed by atoms with van der Waals surface area (Å²) in [4.78, 5) is 12.6. The molecule has 0 radical (unpaired) electrons. The highest BCUT2D eigenvalue weighted by Crippen LogP contribution is 2.24. The molecule has 1 atom stereocenters. The zero-order valence-electron chi connectivity index (χ0n) is 16.1. The number of carbonyl (C=O) groups excluding carboxylic acids is 1. The highest BCUT2D eigenvalue weighted by atomic mass is 32.2. The first-order valence-corrected chi connectivity index (χ1v) is 10.4. The van der Waals surface area contributed by atoms with Gasteiger partial charge < -0.3 is 10.1 Å². The lowest BCUT2D eigenvalue weighted by Gasteiger charge is -2.18. The largest absolute Gasteiger partial charge is 0.480 e. The second kappa shape index (κ2) is 9.01. The second-order valence-corrected chi connectivity index (χ2v) is 8.16. The van der Waals surface area contributed by atoms with E-state index in [9.17, 15) is 13.2 Å². The number of nitrogens with one attached hydrogen (secondary N) is 2. The van der Waals surface area contributed by atoms with Gasteiger partial charge in [0.25, 0.3) is 5.91 Å². The molecule has 0 fully saturated rings. The Kier molecular flexibility index (Phi) is 6.98. The molecule has 2 N–H and O–H groups in total. The van der Waals surface area contributed by atoms with Gasteiger partial charge in [-0.15, -0.1) is 0 Å². The predicted octanol–water partition coefficient (Wildman–Crippen LogP) is 3.40. The number of para-hydroxylation sites is 1. The monoisotopic (exact) mass is 390 g/mol. The minimum Gasteiger partial charge on any atom is -0.480 e. The van der Waals surface area contributed by atoms with Crippen molar-refractivity contribution >= 4 is 21.6 Å². The molecule has 0 saturated heterocycles. The van der Waals surface area contributed by atoms with Crippen LogP contribution in [0.4, 0.5) is 5.69 Å². The number of hydrogen-bond donors (Lipinski definition) is 2. The van der Waals surface area contributed by atoms with E-state index in [0.29, 0.717) is 24.4 Å². The average molecular weight is 391 g/mol. The van der Waals surface area contributed by atoms with E-state index in [1.807, 2.05) is 39.0 Å². The van der Waals surface area contributed by atoms with Gasteiger partial charge in [0, 0.05) is 12.2 Å². The van der Waals surface area contributed by atoms with Crippen molar-refractivity contribution in [2.45, 2.75) is 45.1 Å². The van der Waals surface area contributed by atoms with Crippen molar-refractivity contribution in [3.63, 3.8) is 0 Å². The molecule has 0 heterocycles. The quantitative estimate of drug-likeness (QED) is 0.723. The number of amides is 1. The summed E-state index contributed by atoms with van der Waals surface area (Å²) in [6, 6.07) is 11.8. The molecule has 2 aromatic carbocycles. The third kappa shape index (κ3) is 5.55.